The van der Waals surface area contributed by atoms with Gasteiger partial charge in [0, 0.05) is 30.1 Å². The lowest BCUT2D eigenvalue weighted by Gasteiger charge is -2.12. The van der Waals surface area contributed by atoms with E-state index in [-0.39, 0.29) is 18.2 Å². The minimum atomic E-state index is -0.395. The summed E-state index contributed by atoms with van der Waals surface area (Å²) in [5.41, 5.74) is 2.86. The largest absolute Gasteiger partial charge is 0.376 e. The third-order valence-corrected chi connectivity index (χ3v) is 6.55. The Balaban J connectivity index is 1.73. The summed E-state index contributed by atoms with van der Waals surface area (Å²) < 4.78 is 12.5. The molecule has 0 aliphatic carbocycles. The Morgan fingerprint density at radius 1 is 1.13 bits per heavy atom. The highest BCUT2D eigenvalue weighted by molar-refractivity contribution is 6.30. The fourth-order valence-corrected chi connectivity index (χ4v) is 4.56. The summed E-state index contributed by atoms with van der Waals surface area (Å²) in [6.45, 7) is 5.63. The Labute approximate surface area is 183 Å². The molecule has 1 saturated heterocycles. The number of ether oxygens (including phenoxy) is 1. The molecule has 4 aromatic rings. The van der Waals surface area contributed by atoms with Crippen LogP contribution in [0.2, 0.25) is 5.02 Å². The number of nitrogens with zero attached hydrogens (tertiary/aromatic N) is 5. The van der Waals surface area contributed by atoms with Crippen LogP contribution in [0.1, 0.15) is 29.8 Å². The molecule has 1 unspecified atom stereocenters. The summed E-state index contributed by atoms with van der Waals surface area (Å²) in [7, 11) is 1.65. The molecule has 1 atom stereocenters. The maximum absolute atomic E-state index is 13.5. The monoisotopic (exact) mass is 441 g/mol. The van der Waals surface area contributed by atoms with Gasteiger partial charge in [0.15, 0.2) is 11.2 Å². The fraction of sp³-hybridized carbons (Fsp3) is 0.409. The number of hydrogen-bond donors (Lipinski definition) is 0. The van der Waals surface area contributed by atoms with Gasteiger partial charge in [0.1, 0.15) is 0 Å². The van der Waals surface area contributed by atoms with Gasteiger partial charge in [-0.15, -0.1) is 0 Å². The van der Waals surface area contributed by atoms with Gasteiger partial charge in [-0.2, -0.15) is 4.98 Å². The molecule has 1 aliphatic heterocycles. The third kappa shape index (κ3) is 3.13. The molecule has 1 fully saturated rings. The summed E-state index contributed by atoms with van der Waals surface area (Å²) >= 11 is 5.97. The molecule has 0 amide bonds. The molecule has 3 aromatic heterocycles. The lowest BCUT2D eigenvalue weighted by Crippen LogP contribution is -2.39. The van der Waals surface area contributed by atoms with Crippen LogP contribution in [0.15, 0.2) is 33.9 Å². The van der Waals surface area contributed by atoms with E-state index in [4.69, 9.17) is 21.3 Å². The molecule has 0 saturated carbocycles. The molecule has 31 heavy (non-hydrogen) atoms. The zero-order chi connectivity index (χ0) is 21.9. The second kappa shape index (κ2) is 7.39. The van der Waals surface area contributed by atoms with Gasteiger partial charge < -0.3 is 9.30 Å². The van der Waals surface area contributed by atoms with Crippen molar-refractivity contribution in [1.29, 1.82) is 0 Å². The van der Waals surface area contributed by atoms with Gasteiger partial charge in [-0.3, -0.25) is 18.3 Å². The number of fused-ring (bicyclic) bond motifs is 3. The molecule has 8 nitrogen and oxygen atoms in total. The van der Waals surface area contributed by atoms with E-state index < -0.39 is 5.69 Å². The summed E-state index contributed by atoms with van der Waals surface area (Å²) in [6.07, 6.45) is 2.20. The van der Waals surface area contributed by atoms with E-state index in [9.17, 15) is 9.59 Å². The maximum atomic E-state index is 13.5. The van der Waals surface area contributed by atoms with E-state index in [0.29, 0.717) is 28.5 Å². The fourth-order valence-electron chi connectivity index (χ4n) is 4.44. The number of rotatable bonds is 4. The summed E-state index contributed by atoms with van der Waals surface area (Å²) in [5.74, 6) is 0.664. The van der Waals surface area contributed by atoms with Gasteiger partial charge in [0.05, 0.1) is 19.2 Å². The zero-order valence-electron chi connectivity index (χ0n) is 17.8. The predicted octanol–water partition coefficient (Wildman–Crippen LogP) is 2.65. The summed E-state index contributed by atoms with van der Waals surface area (Å²) in [5, 5.41) is 0.607. The van der Waals surface area contributed by atoms with E-state index >= 15 is 0 Å². The Hall–Kier alpha value is -2.84. The maximum Gasteiger partial charge on any atom is 0.332 e. The number of aromatic nitrogens is 5. The van der Waals surface area contributed by atoms with E-state index in [1.807, 2.05) is 30.4 Å². The molecule has 0 radical (unpaired) electrons. The van der Waals surface area contributed by atoms with Crippen molar-refractivity contribution in [3.63, 3.8) is 0 Å². The number of aryl methyl sites for hydroxylation is 2. The first kappa shape index (κ1) is 20.1. The molecule has 1 aromatic carbocycles. The van der Waals surface area contributed by atoms with Crippen LogP contribution in [0.3, 0.4) is 0 Å². The highest BCUT2D eigenvalue weighted by Gasteiger charge is 2.25. The van der Waals surface area contributed by atoms with Crippen LogP contribution in [-0.4, -0.2) is 35.8 Å². The Morgan fingerprint density at radius 3 is 2.55 bits per heavy atom. The molecule has 5 rings (SSSR count). The molecule has 162 valence electrons. The molecule has 1 aliphatic rings. The van der Waals surface area contributed by atoms with Gasteiger partial charge in [0.25, 0.3) is 5.56 Å². The van der Waals surface area contributed by atoms with Gasteiger partial charge in [0.2, 0.25) is 5.78 Å². The number of hydrogen-bond acceptors (Lipinski definition) is 4. The highest BCUT2D eigenvalue weighted by atomic mass is 35.5. The lowest BCUT2D eigenvalue weighted by atomic mass is 10.2. The van der Waals surface area contributed by atoms with Crippen molar-refractivity contribution in [2.45, 2.75) is 45.9 Å². The van der Waals surface area contributed by atoms with Gasteiger partial charge in [-0.25, -0.2) is 4.79 Å². The summed E-state index contributed by atoms with van der Waals surface area (Å²) in [6, 6.07) is 7.14. The molecular weight excluding hydrogens is 418 g/mol. The lowest BCUT2D eigenvalue weighted by molar-refractivity contribution is 0.0974. The smallest absolute Gasteiger partial charge is 0.332 e. The molecular formula is C22H24ClN5O3. The van der Waals surface area contributed by atoms with E-state index in [2.05, 4.69) is 4.57 Å². The van der Waals surface area contributed by atoms with Crippen molar-refractivity contribution in [2.75, 3.05) is 6.61 Å². The van der Waals surface area contributed by atoms with Crippen molar-refractivity contribution in [3.8, 4) is 0 Å². The van der Waals surface area contributed by atoms with Crippen LogP contribution in [0.5, 0.6) is 0 Å². The van der Waals surface area contributed by atoms with Crippen LogP contribution in [-0.2, 0) is 24.9 Å². The van der Waals surface area contributed by atoms with E-state index in [1.165, 1.54) is 9.13 Å². The topological polar surface area (TPSA) is 75.5 Å². The Kier molecular flexibility index (Phi) is 4.79. The Bertz CT molecular complexity index is 1420. The quantitative estimate of drug-likeness (QED) is 0.488. The second-order valence-electron chi connectivity index (χ2n) is 8.20. The summed E-state index contributed by atoms with van der Waals surface area (Å²) in [4.78, 5) is 31.2. The van der Waals surface area contributed by atoms with Crippen molar-refractivity contribution in [1.82, 2.24) is 23.1 Å². The standard InChI is InChI=1S/C22H24ClN5O3/c1-13-14(2)28-18-19(24-21(28)26(13)12-17-5-4-10-31-17)25(3)22(30)27(20(18)29)11-15-6-8-16(23)9-7-15/h6-9,17H,4-5,10-12H2,1-3H3. The van der Waals surface area contributed by atoms with Crippen molar-refractivity contribution >= 4 is 28.5 Å². The first-order valence-corrected chi connectivity index (χ1v) is 10.8. The molecule has 0 N–H and O–H groups in total. The average molecular weight is 442 g/mol. The van der Waals surface area contributed by atoms with Crippen molar-refractivity contribution in [3.05, 3.63) is 67.1 Å². The van der Waals surface area contributed by atoms with Gasteiger partial charge in [-0.1, -0.05) is 23.7 Å². The first-order valence-electron chi connectivity index (χ1n) is 10.4. The molecule has 4 heterocycles. The Morgan fingerprint density at radius 2 is 1.87 bits per heavy atom. The third-order valence-electron chi connectivity index (χ3n) is 6.29. The van der Waals surface area contributed by atoms with Crippen molar-refractivity contribution < 1.29 is 4.74 Å². The SMILES string of the molecule is Cc1c(C)n2c3c(=O)n(Cc4ccc(Cl)cc4)c(=O)n(C)c3nc2n1CC1CCCO1. The van der Waals surface area contributed by atoms with Crippen LogP contribution >= 0.6 is 11.6 Å². The minimum Gasteiger partial charge on any atom is -0.376 e. The van der Waals surface area contributed by atoms with Crippen LogP contribution in [0.4, 0.5) is 0 Å². The van der Waals surface area contributed by atoms with E-state index in [0.717, 1.165) is 36.4 Å². The number of halogens is 1. The van der Waals surface area contributed by atoms with Crippen LogP contribution in [0, 0.1) is 13.8 Å². The molecule has 9 heteroatoms. The van der Waals surface area contributed by atoms with Gasteiger partial charge in [-0.05, 0) is 44.4 Å². The first-order chi connectivity index (χ1) is 14.9. The minimum absolute atomic E-state index is 0.138. The predicted molar refractivity (Wildman–Crippen MR) is 119 cm³/mol. The highest BCUT2D eigenvalue weighted by Crippen LogP contribution is 2.23. The molecule has 0 bridgehead atoms. The second-order valence-corrected chi connectivity index (χ2v) is 8.63. The van der Waals surface area contributed by atoms with E-state index in [1.54, 1.807) is 19.2 Å². The van der Waals surface area contributed by atoms with Crippen LogP contribution in [0.25, 0.3) is 16.9 Å². The zero-order valence-corrected chi connectivity index (χ0v) is 18.5. The normalized spacial score (nSPS) is 16.7. The molecule has 0 spiro atoms. The van der Waals surface area contributed by atoms with Crippen molar-refractivity contribution in [2.24, 2.45) is 7.05 Å². The number of imidazole rings is 2. The average Bonchev–Trinajstić information content (AvgIpc) is 3.46. The van der Waals surface area contributed by atoms with Gasteiger partial charge >= 0.3 is 5.69 Å². The van der Waals surface area contributed by atoms with Crippen LogP contribution < -0.4 is 11.2 Å². The number of benzene rings is 1.